The molecule has 8 heavy (non-hydrogen) atoms. The van der Waals surface area contributed by atoms with Gasteiger partial charge in [-0.1, -0.05) is 6.07 Å². The summed E-state index contributed by atoms with van der Waals surface area (Å²) in [6.45, 7) is 0. The van der Waals surface area contributed by atoms with Gasteiger partial charge in [-0.3, -0.25) is 5.73 Å². The fourth-order valence-corrected chi connectivity index (χ4v) is 0.752. The van der Waals surface area contributed by atoms with E-state index in [9.17, 15) is 0 Å². The van der Waals surface area contributed by atoms with Crippen molar-refractivity contribution in [1.82, 2.24) is 10.7 Å². The maximum atomic E-state index is 6.99. The van der Waals surface area contributed by atoms with Crippen molar-refractivity contribution in [2.45, 2.75) is 0 Å². The predicted octanol–water partition coefficient (Wildman–Crippen LogP) is 1.76. The topological polar surface area (TPSA) is 36.7 Å². The normalized spacial score (nSPS) is 9.12. The van der Waals surface area contributed by atoms with Crippen molar-refractivity contribution >= 4 is 21.7 Å². The van der Waals surface area contributed by atoms with Gasteiger partial charge in [0.05, 0.1) is 0 Å². The van der Waals surface area contributed by atoms with Crippen LogP contribution in [-0.2, 0) is 0 Å². The Kier molecular flexibility index (Phi) is 1.48. The van der Waals surface area contributed by atoms with Crippen LogP contribution in [-0.4, -0.2) is 4.98 Å². The largest absolute Gasteiger partial charge is 0.283 e. The first kappa shape index (κ1) is 5.56. The molecule has 3 heteroatoms. The number of rotatable bonds is 0. The first-order valence-corrected chi connectivity index (χ1v) is 2.92. The van der Waals surface area contributed by atoms with Gasteiger partial charge < -0.3 is 0 Å². The molecule has 1 heterocycles. The van der Waals surface area contributed by atoms with Gasteiger partial charge in [-0.25, -0.2) is 4.98 Å². The zero-order valence-corrected chi connectivity index (χ0v) is 5.64. The van der Waals surface area contributed by atoms with E-state index in [0.29, 0.717) is 10.4 Å². The van der Waals surface area contributed by atoms with Crippen LogP contribution in [0.5, 0.6) is 0 Å². The number of aromatic nitrogens is 1. The molecule has 0 fully saturated rings. The Morgan fingerprint density at radius 1 is 1.50 bits per heavy atom. The van der Waals surface area contributed by atoms with Crippen LogP contribution >= 0.6 is 15.9 Å². The first-order valence-electron chi connectivity index (χ1n) is 2.13. The van der Waals surface area contributed by atoms with E-state index in [0.717, 1.165) is 0 Å². The molecule has 1 rings (SSSR count). The van der Waals surface area contributed by atoms with Gasteiger partial charge in [-0.15, -0.1) is 0 Å². The SMILES string of the molecule is [NH]c1cccc(Br)n1. The highest BCUT2D eigenvalue weighted by atomic mass is 79.9. The summed E-state index contributed by atoms with van der Waals surface area (Å²) < 4.78 is 0.713. The molecule has 0 amide bonds. The Bertz CT molecular complexity index is 170. The monoisotopic (exact) mass is 171 g/mol. The predicted molar refractivity (Wildman–Crippen MR) is 34.7 cm³/mol. The van der Waals surface area contributed by atoms with Crippen LogP contribution in [0.3, 0.4) is 0 Å². The lowest BCUT2D eigenvalue weighted by molar-refractivity contribution is 1.22. The summed E-state index contributed by atoms with van der Waals surface area (Å²) in [5.74, 6) is 0.291. The second kappa shape index (κ2) is 2.13. The zero-order chi connectivity index (χ0) is 5.98. The van der Waals surface area contributed by atoms with E-state index in [2.05, 4.69) is 20.9 Å². The molecule has 0 atom stereocenters. The van der Waals surface area contributed by atoms with Crippen molar-refractivity contribution in [2.24, 2.45) is 0 Å². The number of hydrogen-bond acceptors (Lipinski definition) is 1. The van der Waals surface area contributed by atoms with Crippen LogP contribution in [0.2, 0.25) is 0 Å². The highest BCUT2D eigenvalue weighted by Crippen LogP contribution is 2.07. The van der Waals surface area contributed by atoms with E-state index >= 15 is 0 Å². The van der Waals surface area contributed by atoms with Gasteiger partial charge in [-0.2, -0.15) is 0 Å². The van der Waals surface area contributed by atoms with Gasteiger partial charge >= 0.3 is 0 Å². The number of hydrogen-bond donors (Lipinski definition) is 0. The summed E-state index contributed by atoms with van der Waals surface area (Å²) in [5.41, 5.74) is 6.99. The number of halogens is 1. The molecular formula is C5H4BrN2. The lowest BCUT2D eigenvalue weighted by atomic mass is 10.5. The molecule has 1 aromatic rings. The van der Waals surface area contributed by atoms with Crippen molar-refractivity contribution in [3.05, 3.63) is 22.8 Å². The number of pyridine rings is 1. The van der Waals surface area contributed by atoms with Crippen molar-refractivity contribution in [1.29, 1.82) is 0 Å². The van der Waals surface area contributed by atoms with Crippen LogP contribution < -0.4 is 5.73 Å². The van der Waals surface area contributed by atoms with E-state index in [4.69, 9.17) is 5.73 Å². The van der Waals surface area contributed by atoms with Crippen molar-refractivity contribution in [3.63, 3.8) is 0 Å². The van der Waals surface area contributed by atoms with Crippen LogP contribution in [0.25, 0.3) is 0 Å². The average Bonchev–Trinajstić information content (AvgIpc) is 1.64. The third kappa shape index (κ3) is 1.20. The van der Waals surface area contributed by atoms with Gasteiger partial charge in [0.1, 0.15) is 10.4 Å². The summed E-state index contributed by atoms with van der Waals surface area (Å²) in [6, 6.07) is 5.20. The van der Waals surface area contributed by atoms with Gasteiger partial charge in [-0.05, 0) is 28.1 Å². The highest BCUT2D eigenvalue weighted by molar-refractivity contribution is 9.10. The molecule has 0 aromatic carbocycles. The molecule has 0 aliphatic rings. The molecule has 0 spiro atoms. The standard InChI is InChI=1S/C5H4BrN2/c6-4-2-1-3-5(7)8-4/h1-3,7H. The van der Waals surface area contributed by atoms with E-state index in [1.165, 1.54) is 0 Å². The maximum absolute atomic E-state index is 6.99. The highest BCUT2D eigenvalue weighted by Gasteiger charge is 1.85. The van der Waals surface area contributed by atoms with Crippen LogP contribution in [0.15, 0.2) is 22.8 Å². The van der Waals surface area contributed by atoms with Crippen LogP contribution in [0.1, 0.15) is 0 Å². The smallest absolute Gasteiger partial charge is 0.145 e. The minimum Gasteiger partial charge on any atom is -0.283 e. The zero-order valence-electron chi connectivity index (χ0n) is 4.06. The molecular weight excluding hydrogens is 168 g/mol. The van der Waals surface area contributed by atoms with E-state index in [1.54, 1.807) is 18.2 Å². The van der Waals surface area contributed by atoms with Crippen LogP contribution in [0, 0.1) is 0 Å². The summed E-state index contributed by atoms with van der Waals surface area (Å²) in [6.07, 6.45) is 0. The Hall–Kier alpha value is -0.570. The van der Waals surface area contributed by atoms with E-state index < -0.39 is 0 Å². The average molecular weight is 172 g/mol. The maximum Gasteiger partial charge on any atom is 0.145 e. The Balaban J connectivity index is 3.08. The van der Waals surface area contributed by atoms with Gasteiger partial charge in [0.15, 0.2) is 0 Å². The molecule has 1 aromatic heterocycles. The molecule has 1 N–H and O–H groups in total. The summed E-state index contributed by atoms with van der Waals surface area (Å²) in [7, 11) is 0. The third-order valence-electron chi connectivity index (χ3n) is 0.715. The molecule has 1 radical (unpaired) electrons. The molecule has 0 aliphatic carbocycles. The fourth-order valence-electron chi connectivity index (χ4n) is 0.408. The van der Waals surface area contributed by atoms with Crippen LogP contribution in [0.4, 0.5) is 5.82 Å². The summed E-state index contributed by atoms with van der Waals surface area (Å²) in [4.78, 5) is 3.76. The molecule has 41 valence electrons. The van der Waals surface area contributed by atoms with E-state index in [1.807, 2.05) is 0 Å². The van der Waals surface area contributed by atoms with Crippen molar-refractivity contribution < 1.29 is 0 Å². The molecule has 0 saturated carbocycles. The van der Waals surface area contributed by atoms with Gasteiger partial charge in [0.2, 0.25) is 0 Å². The fraction of sp³-hybridized carbons (Fsp3) is 0. The lowest BCUT2D eigenvalue weighted by Gasteiger charge is -1.87. The molecule has 0 unspecified atom stereocenters. The van der Waals surface area contributed by atoms with Gasteiger partial charge in [0, 0.05) is 0 Å². The second-order valence-corrected chi connectivity index (χ2v) is 2.16. The Morgan fingerprint density at radius 2 is 2.25 bits per heavy atom. The minimum atomic E-state index is 0.291. The third-order valence-corrected chi connectivity index (χ3v) is 1.16. The molecule has 0 aliphatic heterocycles. The Labute approximate surface area is 55.9 Å². The van der Waals surface area contributed by atoms with E-state index in [-0.39, 0.29) is 0 Å². The van der Waals surface area contributed by atoms with Crippen molar-refractivity contribution in [3.8, 4) is 0 Å². The molecule has 2 nitrogen and oxygen atoms in total. The molecule has 0 saturated heterocycles. The number of nitrogens with zero attached hydrogens (tertiary/aromatic N) is 1. The summed E-state index contributed by atoms with van der Waals surface area (Å²) >= 11 is 3.13. The quantitative estimate of drug-likeness (QED) is 0.549. The second-order valence-electron chi connectivity index (χ2n) is 1.35. The Morgan fingerprint density at radius 3 is 2.62 bits per heavy atom. The van der Waals surface area contributed by atoms with Crippen molar-refractivity contribution in [2.75, 3.05) is 0 Å². The number of nitrogens with one attached hydrogen (secondary N) is 1. The summed E-state index contributed by atoms with van der Waals surface area (Å²) in [5, 5.41) is 0. The lowest BCUT2D eigenvalue weighted by Crippen LogP contribution is -1.75. The van der Waals surface area contributed by atoms with Gasteiger partial charge in [0.25, 0.3) is 0 Å². The molecule has 0 bridgehead atoms. The first-order chi connectivity index (χ1) is 3.79. The minimum absolute atomic E-state index is 0.291.